The minimum Gasteiger partial charge on any atom is -0.461 e. The van der Waals surface area contributed by atoms with Crippen LogP contribution in [0.15, 0.2) is 29.3 Å². The molecule has 3 bridgehead atoms. The van der Waals surface area contributed by atoms with E-state index in [-0.39, 0.29) is 36.3 Å². The summed E-state index contributed by atoms with van der Waals surface area (Å²) in [4.78, 5) is 55.1. The number of hydrogen-bond acceptors (Lipinski definition) is 8. The molecule has 6 atom stereocenters. The summed E-state index contributed by atoms with van der Waals surface area (Å²) < 4.78 is 11.1. The van der Waals surface area contributed by atoms with Gasteiger partial charge in [0, 0.05) is 37.0 Å². The van der Waals surface area contributed by atoms with E-state index in [0.717, 1.165) is 55.5 Å². The first-order valence-corrected chi connectivity index (χ1v) is 16.2. The van der Waals surface area contributed by atoms with Gasteiger partial charge in [-0.1, -0.05) is 12.1 Å². The van der Waals surface area contributed by atoms with Crippen molar-refractivity contribution in [3.63, 3.8) is 0 Å². The fraction of sp³-hybridized carbons (Fsp3) is 0.667. The number of nitrogens with one attached hydrogen (secondary N) is 4. The minimum absolute atomic E-state index is 0.0651. The Morgan fingerprint density at radius 3 is 2.64 bits per heavy atom. The summed E-state index contributed by atoms with van der Waals surface area (Å²) in [6.45, 7) is 5.20. The Bertz CT molecular complexity index is 1310. The van der Waals surface area contributed by atoms with Gasteiger partial charge in [0.15, 0.2) is 5.96 Å². The quantitative estimate of drug-likeness (QED) is 0.283. The second-order valence-electron chi connectivity index (χ2n) is 14.0. The van der Waals surface area contributed by atoms with E-state index in [4.69, 9.17) is 9.47 Å². The number of fused-ring (bicyclic) bond motifs is 2. The van der Waals surface area contributed by atoms with Gasteiger partial charge in [0.05, 0.1) is 12.7 Å². The Hall–Kier alpha value is -3.63. The van der Waals surface area contributed by atoms with Crippen molar-refractivity contribution in [2.45, 2.75) is 83.8 Å². The number of guanidine groups is 1. The Kier molecular flexibility index (Phi) is 8.57. The van der Waals surface area contributed by atoms with Crippen molar-refractivity contribution in [1.82, 2.24) is 21.3 Å². The van der Waals surface area contributed by atoms with Crippen LogP contribution in [0.3, 0.4) is 0 Å². The zero-order valence-corrected chi connectivity index (χ0v) is 25.8. The predicted octanol–water partition coefficient (Wildman–Crippen LogP) is 3.08. The number of hydrogen-bond donors (Lipinski definition) is 4. The monoisotopic (exact) mass is 607 g/mol. The van der Waals surface area contributed by atoms with Crippen LogP contribution in [0.4, 0.5) is 4.79 Å². The summed E-state index contributed by atoms with van der Waals surface area (Å²) in [6, 6.07) is 5.86. The number of carbonyl (C=O) groups is 4. The second-order valence-corrected chi connectivity index (χ2v) is 14.0. The molecule has 1 aromatic carbocycles. The lowest BCUT2D eigenvalue weighted by Gasteiger charge is -2.49. The average Bonchev–Trinajstić information content (AvgIpc) is 3.31. The topological polar surface area (TPSA) is 147 Å². The normalized spacial score (nSPS) is 29.9. The summed E-state index contributed by atoms with van der Waals surface area (Å²) in [6.07, 6.45) is 8.17. The van der Waals surface area contributed by atoms with E-state index in [2.05, 4.69) is 26.3 Å². The predicted molar refractivity (Wildman–Crippen MR) is 163 cm³/mol. The number of ether oxygens (including phenoxy) is 2. The molecule has 4 saturated carbocycles. The van der Waals surface area contributed by atoms with E-state index in [0.29, 0.717) is 36.5 Å². The molecule has 0 aromatic heterocycles. The van der Waals surface area contributed by atoms with E-state index in [1.54, 1.807) is 38.1 Å². The zero-order chi connectivity index (χ0) is 30.9. The number of amides is 3. The van der Waals surface area contributed by atoms with Gasteiger partial charge in [-0.15, -0.1) is 0 Å². The van der Waals surface area contributed by atoms with E-state index in [9.17, 15) is 19.2 Å². The highest BCUT2D eigenvalue weighted by molar-refractivity contribution is 5.97. The molecule has 238 valence electrons. The van der Waals surface area contributed by atoms with Gasteiger partial charge in [-0.3, -0.25) is 19.9 Å². The molecule has 5 aliphatic rings. The molecule has 1 aliphatic heterocycles. The molecule has 5 unspecified atom stereocenters. The molecule has 11 nitrogen and oxygen atoms in total. The zero-order valence-electron chi connectivity index (χ0n) is 25.8. The van der Waals surface area contributed by atoms with Crippen molar-refractivity contribution in [2.75, 3.05) is 26.2 Å². The minimum atomic E-state index is -1.09. The molecule has 1 spiro atoms. The second kappa shape index (κ2) is 12.4. The highest BCUT2D eigenvalue weighted by atomic mass is 16.6. The summed E-state index contributed by atoms with van der Waals surface area (Å²) in [5.41, 5.74) is 1.88. The molecule has 11 heteroatoms. The van der Waals surface area contributed by atoms with Gasteiger partial charge in [0.1, 0.15) is 6.04 Å². The van der Waals surface area contributed by atoms with Crippen LogP contribution in [0.5, 0.6) is 0 Å². The van der Waals surface area contributed by atoms with Gasteiger partial charge in [0.2, 0.25) is 5.91 Å². The molecule has 4 fully saturated rings. The maximum absolute atomic E-state index is 12.9. The summed E-state index contributed by atoms with van der Waals surface area (Å²) >= 11 is 0. The third-order valence-corrected chi connectivity index (χ3v) is 10.5. The Labute approximate surface area is 258 Å². The maximum Gasteiger partial charge on any atom is 0.407 e. The van der Waals surface area contributed by atoms with Crippen molar-refractivity contribution >= 4 is 29.8 Å². The van der Waals surface area contributed by atoms with Crippen LogP contribution in [0.2, 0.25) is 0 Å². The first kappa shape index (κ1) is 30.4. The fourth-order valence-electron chi connectivity index (χ4n) is 8.80. The molecule has 6 rings (SSSR count). The number of carbonyl (C=O) groups excluding carboxylic acids is 4. The number of nitrogens with zero attached hydrogens (tertiary/aromatic N) is 1. The first-order valence-electron chi connectivity index (χ1n) is 16.2. The average molecular weight is 608 g/mol. The summed E-state index contributed by atoms with van der Waals surface area (Å²) in [7, 11) is 0. The molecule has 4 aliphatic carbocycles. The third kappa shape index (κ3) is 6.42. The standard InChI is InChI=1S/C33H45N5O6/c1-20(2)44-29(41)26(37-31(42)43-19-32-14-22-12-24-13-25(16-32)33(24,15-22)18-32)17-36-28(40)23-7-4-21(5-8-23)6-9-27(39)38-30-34-10-3-11-35-30/h4-5,7-8,20,22,24-26H,3,6,9-19H2,1-2H3,(H,36,40)(H,37,42)(H2,34,35,38,39)/t22?,24?,25?,26-,32?,33?/m0/s1. The Morgan fingerprint density at radius 1 is 1.07 bits per heavy atom. The molecule has 1 heterocycles. The molecule has 44 heavy (non-hydrogen) atoms. The van der Waals surface area contributed by atoms with Gasteiger partial charge in [-0.05, 0) is 106 Å². The molecule has 3 amide bonds. The van der Waals surface area contributed by atoms with Crippen molar-refractivity contribution in [1.29, 1.82) is 0 Å². The van der Waals surface area contributed by atoms with Crippen LogP contribution >= 0.6 is 0 Å². The lowest BCUT2D eigenvalue weighted by molar-refractivity contribution is -0.149. The van der Waals surface area contributed by atoms with Crippen LogP contribution in [0.1, 0.15) is 81.1 Å². The molecule has 0 saturated heterocycles. The van der Waals surface area contributed by atoms with Gasteiger partial charge in [-0.25, -0.2) is 9.59 Å². The van der Waals surface area contributed by atoms with Crippen LogP contribution < -0.4 is 21.3 Å². The number of alkyl carbamates (subject to hydrolysis) is 1. The Balaban J connectivity index is 0.977. The SMILES string of the molecule is CC(C)OC(=O)[C@H](CNC(=O)c1ccc(CCC(=O)NC2=NCCCN2)cc1)NC(=O)OCC12CC3CC4CC(C1)C4(C3)C2. The van der Waals surface area contributed by atoms with Gasteiger partial charge in [-0.2, -0.15) is 0 Å². The fourth-order valence-corrected chi connectivity index (χ4v) is 8.80. The molecule has 1 aromatic rings. The van der Waals surface area contributed by atoms with Crippen molar-refractivity contribution in [3.05, 3.63) is 35.4 Å². The lowest BCUT2D eigenvalue weighted by atomic mass is 9.55. The largest absolute Gasteiger partial charge is 0.461 e. The van der Waals surface area contributed by atoms with Crippen LogP contribution in [0.25, 0.3) is 0 Å². The lowest BCUT2D eigenvalue weighted by Crippen LogP contribution is -2.50. The highest BCUT2D eigenvalue weighted by Crippen LogP contribution is 2.78. The number of esters is 1. The number of benzene rings is 1. The van der Waals surface area contributed by atoms with Crippen LogP contribution in [0, 0.1) is 28.6 Å². The van der Waals surface area contributed by atoms with Crippen molar-refractivity contribution < 1.29 is 28.7 Å². The molecular weight excluding hydrogens is 562 g/mol. The molecular formula is C33H45N5O6. The molecule has 0 radical (unpaired) electrons. The smallest absolute Gasteiger partial charge is 0.407 e. The van der Waals surface area contributed by atoms with Crippen molar-refractivity contribution in [2.24, 2.45) is 33.6 Å². The first-order chi connectivity index (χ1) is 21.1. The van der Waals surface area contributed by atoms with Crippen molar-refractivity contribution in [3.8, 4) is 0 Å². The highest BCUT2D eigenvalue weighted by Gasteiger charge is 2.70. The van der Waals surface area contributed by atoms with E-state index in [1.165, 1.54) is 19.3 Å². The third-order valence-electron chi connectivity index (χ3n) is 10.5. The van der Waals surface area contributed by atoms with E-state index in [1.807, 2.05) is 0 Å². The number of aliphatic imine (C=N–C) groups is 1. The van der Waals surface area contributed by atoms with Gasteiger partial charge in [0.25, 0.3) is 5.91 Å². The molecule has 4 N–H and O–H groups in total. The van der Waals surface area contributed by atoms with Gasteiger partial charge >= 0.3 is 12.1 Å². The van der Waals surface area contributed by atoms with Crippen LogP contribution in [-0.2, 0) is 25.5 Å². The van der Waals surface area contributed by atoms with E-state index < -0.39 is 18.1 Å². The maximum atomic E-state index is 12.9. The number of aryl methyl sites for hydroxylation is 1. The van der Waals surface area contributed by atoms with E-state index >= 15 is 0 Å². The summed E-state index contributed by atoms with van der Waals surface area (Å²) in [5, 5.41) is 11.2. The van der Waals surface area contributed by atoms with Crippen LogP contribution in [-0.4, -0.2) is 68.2 Å². The number of rotatable bonds is 11. The summed E-state index contributed by atoms with van der Waals surface area (Å²) in [5.74, 6) is 1.78. The Morgan fingerprint density at radius 2 is 1.89 bits per heavy atom. The van der Waals surface area contributed by atoms with Gasteiger partial charge < -0.3 is 25.4 Å².